The second-order valence-electron chi connectivity index (χ2n) is 37.4. The molecule has 0 saturated carbocycles. The number of carboxylic acids is 1. The van der Waals surface area contributed by atoms with Crippen LogP contribution in [-0.4, -0.2) is 280 Å². The van der Waals surface area contributed by atoms with Gasteiger partial charge < -0.3 is 158 Å². The molecule has 145 heavy (non-hydrogen) atoms. The monoisotopic (exact) mass is 2050 g/mol. The van der Waals surface area contributed by atoms with Gasteiger partial charge in [0, 0.05) is 25.9 Å². The fraction of sp³-hybridized carbons (Fsp3) is 0.680. The van der Waals surface area contributed by atoms with Crippen LogP contribution in [0.2, 0.25) is 0 Å². The minimum Gasteiger partial charge on any atom is -0.480 e. The van der Waals surface area contributed by atoms with Crippen molar-refractivity contribution in [1.29, 1.82) is 10.8 Å². The minimum atomic E-state index is -1.47. The molecule has 16 atom stereocenters. The van der Waals surface area contributed by atoms with Gasteiger partial charge in [0.15, 0.2) is 11.9 Å². The molecule has 0 heterocycles. The number of amides is 16. The molecule has 0 spiro atoms. The van der Waals surface area contributed by atoms with Crippen molar-refractivity contribution >= 4 is 112 Å². The van der Waals surface area contributed by atoms with Gasteiger partial charge in [0.1, 0.15) is 84.6 Å². The fourth-order valence-electron chi connectivity index (χ4n) is 15.5. The number of benzene rings is 2. The maximum Gasteiger partial charge on any atom is 0.326 e. The van der Waals surface area contributed by atoms with Gasteiger partial charge in [-0.2, -0.15) is 0 Å². The van der Waals surface area contributed by atoms with Crippen molar-refractivity contribution in [3.8, 4) is 0 Å². The van der Waals surface area contributed by atoms with Gasteiger partial charge in [-0.15, -0.1) is 0 Å². The quantitative estimate of drug-likeness (QED) is 0.0169. The number of unbranched alkanes of at least 4 members (excludes halogenated alkanes) is 7. The average Bonchev–Trinajstić information content (AvgIpc) is 0.807. The molecule has 0 radical (unpaired) electrons. The van der Waals surface area contributed by atoms with Gasteiger partial charge in [-0.1, -0.05) is 109 Å². The summed E-state index contributed by atoms with van der Waals surface area (Å²) in [5.41, 5.74) is 59.2. The van der Waals surface area contributed by atoms with E-state index in [0.717, 1.165) is 0 Å². The molecule has 0 aliphatic rings. The second kappa shape index (κ2) is 74.5. The number of nitrogens with two attached hydrogens (primary N) is 10. The normalized spacial score (nSPS) is 14.5. The first-order valence-corrected chi connectivity index (χ1v) is 51.0. The Kier molecular flexibility index (Phi) is 66.2. The lowest BCUT2D eigenvalue weighted by Gasteiger charge is -2.30. The first kappa shape index (κ1) is 129. The van der Waals surface area contributed by atoms with E-state index in [-0.39, 0.29) is 179 Å². The molecule has 0 aliphatic carbocycles. The molecule has 41 N–H and O–H groups in total. The molecule has 0 aromatic heterocycles. The number of carbonyl (C=O) groups excluding carboxylic acids is 16. The van der Waals surface area contributed by atoms with Crippen LogP contribution in [0.3, 0.4) is 0 Å². The van der Waals surface area contributed by atoms with E-state index in [2.05, 4.69) is 95.7 Å². The molecule has 48 heteroatoms. The van der Waals surface area contributed by atoms with Crippen molar-refractivity contribution in [3.05, 3.63) is 71.8 Å². The summed E-state index contributed by atoms with van der Waals surface area (Å²) in [5.74, 6) is -16.0. The largest absolute Gasteiger partial charge is 0.480 e. The predicted octanol–water partition coefficient (Wildman–Crippen LogP) is -4.51. The highest BCUT2D eigenvalue weighted by Gasteiger charge is 2.39. The lowest BCUT2D eigenvalue weighted by Crippen LogP contribution is -2.61. The van der Waals surface area contributed by atoms with Crippen molar-refractivity contribution in [2.24, 2.45) is 75.1 Å². The third-order valence-corrected chi connectivity index (χ3v) is 23.9. The number of carboxylic acid groups (broad SMARTS) is 1. The molecule has 0 saturated heterocycles. The second-order valence-corrected chi connectivity index (χ2v) is 37.4. The molecule has 818 valence electrons. The van der Waals surface area contributed by atoms with Crippen molar-refractivity contribution in [2.45, 2.75) is 332 Å². The molecule has 0 fully saturated rings. The van der Waals surface area contributed by atoms with E-state index in [0.29, 0.717) is 101 Å². The van der Waals surface area contributed by atoms with E-state index < -0.39 is 216 Å². The topological polar surface area (TPSA) is 835 Å². The molecule has 2 aromatic rings. The summed E-state index contributed by atoms with van der Waals surface area (Å²) in [6.45, 7) is 12.5. The van der Waals surface area contributed by atoms with Gasteiger partial charge >= 0.3 is 5.97 Å². The van der Waals surface area contributed by atoms with E-state index in [1.54, 1.807) is 88.4 Å². The Bertz CT molecular complexity index is 4300. The van der Waals surface area contributed by atoms with Crippen LogP contribution in [0.25, 0.3) is 0 Å². The first-order chi connectivity index (χ1) is 69.1. The lowest BCUT2D eigenvalue weighted by molar-refractivity contribution is -0.142. The highest BCUT2D eigenvalue weighted by atomic mass is 16.4. The zero-order valence-electron chi connectivity index (χ0n) is 85.8. The Balaban J connectivity index is 2.55. The Morgan fingerprint density at radius 2 is 0.552 bits per heavy atom. The minimum absolute atomic E-state index is 0.00302. The van der Waals surface area contributed by atoms with E-state index in [1.807, 2.05) is 13.8 Å². The van der Waals surface area contributed by atoms with E-state index in [9.17, 15) is 86.6 Å². The van der Waals surface area contributed by atoms with Crippen LogP contribution in [0.1, 0.15) is 239 Å². The average molecular weight is 2050 g/mol. The standard InChI is InChI=1S/C97H172N30O18/c1-8-61(6)80(94(143)123-70(40-19-26-48-102)85(134)118-66(36-15-22-44-98)83(132)113-58-79(129)116-76(55-63-31-11-9-12-32-63)92(141)121-68(38-17-24-46-100)87(136)124-73(95(144)145)42-21-28-50-104)127-89(138)71(41-20-27-49-103)120-86(135)72(43-30-52-111-97(108)109)117-81(130)62(7)114-90(139)75(54-60(4)5)125-88(137)69(39-18-25-47-101)119-84(133)67(37-16-23-45-99)122-93(142)77(56-64-33-13-10-14-34-64)126-91(140)74(53-59(2)3)115-78(128)57-112-82(131)65(105)35-29-51-110-96(106)107/h9-14,31-34,59-62,65-77,80H,8,15-30,35-58,98-105H2,1-7H3,(H,112,131)(H,113,132)(H,114,139)(H,115,128)(H,116,129)(H,117,130)(H,118,134)(H,119,133)(H,120,135)(H,121,141)(H,122,142)(H,123,143)(H,124,136)(H,125,137)(H,126,140)(H,127,138)(H,144,145)(H4,106,107,110)(H4,108,109,111)/t61-,62-,65-,66-,67-,68-,69-,70-,71-,72-,73-,74-,75-,76-,77-,80-/m0/s1. The Morgan fingerprint density at radius 3 is 0.897 bits per heavy atom. The first-order valence-electron chi connectivity index (χ1n) is 51.0. The summed E-state index contributed by atoms with van der Waals surface area (Å²) in [5, 5.41) is 73.3. The maximum atomic E-state index is 14.9. The zero-order chi connectivity index (χ0) is 108. The number of aliphatic carboxylic acids is 1. The summed E-state index contributed by atoms with van der Waals surface area (Å²) in [7, 11) is 0. The summed E-state index contributed by atoms with van der Waals surface area (Å²) >= 11 is 0. The van der Waals surface area contributed by atoms with E-state index >= 15 is 0 Å². The van der Waals surface area contributed by atoms with Gasteiger partial charge in [0.25, 0.3) is 0 Å². The van der Waals surface area contributed by atoms with E-state index in [4.69, 9.17) is 68.2 Å². The zero-order valence-corrected chi connectivity index (χ0v) is 85.8. The van der Waals surface area contributed by atoms with Gasteiger partial charge in [0.2, 0.25) is 94.5 Å². The molecule has 0 unspecified atom stereocenters. The number of carbonyl (C=O) groups is 17. The Hall–Kier alpha value is -12.3. The molecule has 2 rings (SSSR count). The van der Waals surface area contributed by atoms with Crippen molar-refractivity contribution in [3.63, 3.8) is 0 Å². The van der Waals surface area contributed by atoms with Crippen LogP contribution >= 0.6 is 0 Å². The summed E-state index contributed by atoms with van der Waals surface area (Å²) in [6, 6.07) is -2.75. The van der Waals surface area contributed by atoms with Gasteiger partial charge in [0.05, 0.1) is 19.1 Å². The van der Waals surface area contributed by atoms with E-state index in [1.165, 1.54) is 6.92 Å². The highest BCUT2D eigenvalue weighted by molar-refractivity contribution is 6.01. The molecule has 0 bridgehead atoms. The summed E-state index contributed by atoms with van der Waals surface area (Å²) in [4.78, 5) is 242. The fourth-order valence-corrected chi connectivity index (χ4v) is 15.5. The van der Waals surface area contributed by atoms with Crippen LogP contribution in [-0.2, 0) is 94.3 Å². The molecular formula is C97H172N30O18. The lowest BCUT2D eigenvalue weighted by atomic mass is 9.96. The molecule has 0 aliphatic heterocycles. The number of nitrogens with one attached hydrogen (secondary N) is 20. The Labute approximate surface area is 852 Å². The van der Waals surface area contributed by atoms with Gasteiger partial charge in [-0.3, -0.25) is 87.5 Å². The molecule has 48 nitrogen and oxygen atoms in total. The molecule has 2 aromatic carbocycles. The van der Waals surface area contributed by atoms with Crippen LogP contribution in [0.15, 0.2) is 60.7 Å². The van der Waals surface area contributed by atoms with Crippen LogP contribution in [0.5, 0.6) is 0 Å². The van der Waals surface area contributed by atoms with Crippen LogP contribution < -0.4 is 153 Å². The third kappa shape index (κ3) is 55.0. The number of hydrogen-bond donors (Lipinski definition) is 31. The summed E-state index contributed by atoms with van der Waals surface area (Å²) in [6.07, 6.45) is 5.91. The number of guanidine groups is 2. The smallest absolute Gasteiger partial charge is 0.326 e. The van der Waals surface area contributed by atoms with Crippen LogP contribution in [0.4, 0.5) is 0 Å². The molecule has 16 amide bonds. The summed E-state index contributed by atoms with van der Waals surface area (Å²) < 4.78 is 0. The maximum absolute atomic E-state index is 14.9. The number of rotatable bonds is 79. The highest BCUT2D eigenvalue weighted by Crippen LogP contribution is 2.19. The predicted molar refractivity (Wildman–Crippen MR) is 552 cm³/mol. The number of hydrogen-bond acceptors (Lipinski definition) is 27. The van der Waals surface area contributed by atoms with Crippen molar-refractivity contribution < 1.29 is 86.6 Å². The van der Waals surface area contributed by atoms with Gasteiger partial charge in [-0.25, -0.2) is 4.79 Å². The molecular weight excluding hydrogens is 1870 g/mol. The third-order valence-electron chi connectivity index (χ3n) is 23.9. The van der Waals surface area contributed by atoms with Crippen molar-refractivity contribution in [2.75, 3.05) is 72.0 Å². The SMILES string of the molecule is CC[C@H](C)[C@H](NC(=O)[C@H](CCCCN)NC(=O)[C@H](CCCNC(=N)N)NC(=O)[C@H](C)NC(=O)[C@H](CC(C)C)NC(=O)[C@H](CCCCN)NC(=O)[C@H](CCCCN)NC(=O)[C@H](Cc1ccccc1)NC(=O)[C@H](CC(C)C)NC(=O)CNC(=O)[C@@H](N)CCCNC(=N)N)C(=O)N[C@@H](CCCCN)C(=O)N[C@@H](CCCCN)C(=O)NCC(=O)N[C@@H](Cc1ccccc1)C(=O)N[C@@H](CCCCN)C(=O)N[C@@H](CCCCN)C(=O)O. The van der Waals surface area contributed by atoms with Gasteiger partial charge in [-0.05, 0) is 255 Å². The van der Waals surface area contributed by atoms with Crippen molar-refractivity contribution in [1.82, 2.24) is 95.7 Å². The van der Waals surface area contributed by atoms with Crippen LogP contribution in [0, 0.1) is 28.6 Å². The Morgan fingerprint density at radius 1 is 0.290 bits per heavy atom.